The Balaban J connectivity index is 2.10. The number of halogens is 3. The minimum absolute atomic E-state index is 0.0161. The van der Waals surface area contributed by atoms with Crippen LogP contribution in [0.25, 0.3) is 5.57 Å². The molecule has 1 fully saturated rings. The fourth-order valence-electron chi connectivity index (χ4n) is 3.57. The number of carbonyl (C=O) groups excluding carboxylic acids is 1. The first-order valence-electron chi connectivity index (χ1n) is 7.18. The Labute approximate surface area is 126 Å². The van der Waals surface area contributed by atoms with Gasteiger partial charge in [0.25, 0.3) is 5.92 Å². The standard InChI is InChI=1S/C16H16F3NO2/c1-8-12(17)3-4-13(20-8)14-9-5-6-16(18,19)11(9)7-10(14)15(21)22-2/h3-4,9,11H,5-7H2,1-2H3. The number of hydrogen-bond donors (Lipinski definition) is 0. The lowest BCUT2D eigenvalue weighted by Crippen LogP contribution is -2.23. The van der Waals surface area contributed by atoms with Crippen LogP contribution in [-0.4, -0.2) is 24.0 Å². The first-order valence-corrected chi connectivity index (χ1v) is 7.18. The summed E-state index contributed by atoms with van der Waals surface area (Å²) >= 11 is 0. The van der Waals surface area contributed by atoms with Gasteiger partial charge in [-0.2, -0.15) is 0 Å². The predicted molar refractivity (Wildman–Crippen MR) is 73.6 cm³/mol. The van der Waals surface area contributed by atoms with Crippen molar-refractivity contribution in [3.05, 3.63) is 34.9 Å². The van der Waals surface area contributed by atoms with Crippen LogP contribution in [0.4, 0.5) is 13.2 Å². The van der Waals surface area contributed by atoms with Crippen LogP contribution >= 0.6 is 0 Å². The number of nitrogens with zero attached hydrogens (tertiary/aromatic N) is 1. The summed E-state index contributed by atoms with van der Waals surface area (Å²) in [7, 11) is 1.22. The molecule has 1 aromatic heterocycles. The zero-order chi connectivity index (χ0) is 16.1. The van der Waals surface area contributed by atoms with Gasteiger partial charge in [0.2, 0.25) is 0 Å². The molecule has 3 rings (SSSR count). The second kappa shape index (κ2) is 5.11. The fraction of sp³-hybridized carbons (Fsp3) is 0.500. The van der Waals surface area contributed by atoms with Gasteiger partial charge in [0, 0.05) is 17.9 Å². The van der Waals surface area contributed by atoms with Crippen molar-refractivity contribution in [2.24, 2.45) is 11.8 Å². The van der Waals surface area contributed by atoms with Crippen molar-refractivity contribution in [2.75, 3.05) is 7.11 Å². The van der Waals surface area contributed by atoms with Crippen LogP contribution in [-0.2, 0) is 9.53 Å². The Kier molecular flexibility index (Phi) is 3.50. The minimum Gasteiger partial charge on any atom is -0.466 e. The molecule has 6 heteroatoms. The highest BCUT2D eigenvalue weighted by Crippen LogP contribution is 2.57. The molecule has 0 saturated heterocycles. The van der Waals surface area contributed by atoms with Crippen molar-refractivity contribution in [2.45, 2.75) is 32.1 Å². The number of rotatable bonds is 2. The van der Waals surface area contributed by atoms with Gasteiger partial charge in [-0.05, 0) is 43.4 Å². The summed E-state index contributed by atoms with van der Waals surface area (Å²) < 4.78 is 46.2. The molecule has 0 radical (unpaired) electrons. The maximum atomic E-state index is 14.0. The first kappa shape index (κ1) is 15.1. The Bertz CT molecular complexity index is 669. The number of aromatic nitrogens is 1. The van der Waals surface area contributed by atoms with Gasteiger partial charge in [0.1, 0.15) is 5.82 Å². The lowest BCUT2D eigenvalue weighted by Gasteiger charge is -2.18. The summed E-state index contributed by atoms with van der Waals surface area (Å²) in [5.74, 6) is -5.19. The highest BCUT2D eigenvalue weighted by molar-refractivity contribution is 5.99. The van der Waals surface area contributed by atoms with Crippen LogP contribution in [0.15, 0.2) is 17.7 Å². The number of carbonyl (C=O) groups is 1. The molecular weight excluding hydrogens is 295 g/mol. The summed E-state index contributed by atoms with van der Waals surface area (Å²) in [5, 5.41) is 0. The number of ether oxygens (including phenoxy) is 1. The molecule has 2 atom stereocenters. The quantitative estimate of drug-likeness (QED) is 0.785. The SMILES string of the molecule is COC(=O)C1=C(c2ccc(F)c(C)n2)C2CCC(F)(F)C2C1. The monoisotopic (exact) mass is 311 g/mol. The van der Waals surface area contributed by atoms with Crippen LogP contribution in [0.1, 0.15) is 30.7 Å². The number of aryl methyl sites for hydroxylation is 1. The molecule has 0 spiro atoms. The van der Waals surface area contributed by atoms with Crippen molar-refractivity contribution >= 4 is 11.5 Å². The van der Waals surface area contributed by atoms with Crippen LogP contribution in [0, 0.1) is 24.6 Å². The summed E-state index contributed by atoms with van der Waals surface area (Å²) in [6, 6.07) is 2.69. The molecule has 1 heterocycles. The van der Waals surface area contributed by atoms with Crippen molar-refractivity contribution in [3.63, 3.8) is 0 Å². The summed E-state index contributed by atoms with van der Waals surface area (Å²) in [6.45, 7) is 1.51. The zero-order valence-electron chi connectivity index (χ0n) is 12.3. The molecule has 0 amide bonds. The number of alkyl halides is 2. The third-order valence-corrected chi connectivity index (χ3v) is 4.67. The van der Waals surface area contributed by atoms with E-state index in [1.54, 1.807) is 0 Å². The van der Waals surface area contributed by atoms with Gasteiger partial charge in [-0.1, -0.05) is 0 Å². The Morgan fingerprint density at radius 2 is 2.14 bits per heavy atom. The molecule has 1 aromatic rings. The summed E-state index contributed by atoms with van der Waals surface area (Å²) in [5.41, 5.74) is 1.32. The molecule has 2 unspecified atom stereocenters. The van der Waals surface area contributed by atoms with E-state index in [4.69, 9.17) is 4.74 Å². The predicted octanol–water partition coefficient (Wildman–Crippen LogP) is 3.52. The number of fused-ring (bicyclic) bond motifs is 1. The lowest BCUT2D eigenvalue weighted by molar-refractivity contribution is -0.136. The van der Waals surface area contributed by atoms with Gasteiger partial charge in [-0.3, -0.25) is 4.98 Å². The highest BCUT2D eigenvalue weighted by Gasteiger charge is 2.56. The average molecular weight is 311 g/mol. The maximum Gasteiger partial charge on any atom is 0.334 e. The molecule has 0 aliphatic heterocycles. The minimum atomic E-state index is -2.79. The van der Waals surface area contributed by atoms with E-state index in [1.807, 2.05) is 0 Å². The largest absolute Gasteiger partial charge is 0.466 e. The van der Waals surface area contributed by atoms with E-state index in [0.29, 0.717) is 17.7 Å². The van der Waals surface area contributed by atoms with E-state index < -0.39 is 29.5 Å². The Morgan fingerprint density at radius 3 is 2.77 bits per heavy atom. The van der Waals surface area contributed by atoms with Crippen LogP contribution < -0.4 is 0 Å². The molecule has 0 aromatic carbocycles. The maximum absolute atomic E-state index is 14.0. The van der Waals surface area contributed by atoms with E-state index in [0.717, 1.165) is 0 Å². The van der Waals surface area contributed by atoms with E-state index in [-0.39, 0.29) is 24.1 Å². The average Bonchev–Trinajstić information content (AvgIpc) is 2.99. The molecule has 2 aliphatic carbocycles. The van der Waals surface area contributed by atoms with Crippen LogP contribution in [0.2, 0.25) is 0 Å². The number of pyridine rings is 1. The zero-order valence-corrected chi connectivity index (χ0v) is 12.3. The van der Waals surface area contributed by atoms with Gasteiger partial charge in [0.15, 0.2) is 0 Å². The topological polar surface area (TPSA) is 39.2 Å². The molecule has 2 aliphatic rings. The van der Waals surface area contributed by atoms with Gasteiger partial charge < -0.3 is 4.74 Å². The fourth-order valence-corrected chi connectivity index (χ4v) is 3.57. The third kappa shape index (κ3) is 2.21. The normalized spacial score (nSPS) is 26.2. The number of hydrogen-bond acceptors (Lipinski definition) is 3. The molecule has 0 bridgehead atoms. The third-order valence-electron chi connectivity index (χ3n) is 4.67. The van der Waals surface area contributed by atoms with E-state index in [9.17, 15) is 18.0 Å². The molecule has 22 heavy (non-hydrogen) atoms. The van der Waals surface area contributed by atoms with Crippen molar-refractivity contribution < 1.29 is 22.7 Å². The summed E-state index contributed by atoms with van der Waals surface area (Å²) in [4.78, 5) is 16.1. The van der Waals surface area contributed by atoms with E-state index in [2.05, 4.69) is 4.98 Å². The van der Waals surface area contributed by atoms with Gasteiger partial charge in [-0.15, -0.1) is 0 Å². The van der Waals surface area contributed by atoms with E-state index in [1.165, 1.54) is 26.2 Å². The number of esters is 1. The molecule has 118 valence electrons. The number of methoxy groups -OCH3 is 1. The van der Waals surface area contributed by atoms with Gasteiger partial charge >= 0.3 is 5.97 Å². The smallest absolute Gasteiger partial charge is 0.334 e. The highest BCUT2D eigenvalue weighted by atomic mass is 19.3. The molecule has 1 saturated carbocycles. The van der Waals surface area contributed by atoms with Gasteiger partial charge in [-0.25, -0.2) is 18.0 Å². The van der Waals surface area contributed by atoms with Crippen molar-refractivity contribution in [1.82, 2.24) is 4.98 Å². The van der Waals surface area contributed by atoms with Crippen molar-refractivity contribution in [1.29, 1.82) is 0 Å². The second-order valence-corrected chi connectivity index (χ2v) is 5.86. The van der Waals surface area contributed by atoms with Crippen LogP contribution in [0.3, 0.4) is 0 Å². The first-order chi connectivity index (χ1) is 10.3. The number of allylic oxidation sites excluding steroid dienone is 1. The lowest BCUT2D eigenvalue weighted by atomic mass is 9.91. The molecule has 0 N–H and O–H groups in total. The van der Waals surface area contributed by atoms with Crippen LogP contribution in [0.5, 0.6) is 0 Å². The molecule has 3 nitrogen and oxygen atoms in total. The second-order valence-electron chi connectivity index (χ2n) is 5.86. The molecular formula is C16H16F3NO2. The summed E-state index contributed by atoms with van der Waals surface area (Å²) in [6.07, 6.45) is 0.0871. The Hall–Kier alpha value is -1.85. The van der Waals surface area contributed by atoms with Gasteiger partial charge in [0.05, 0.1) is 18.5 Å². The van der Waals surface area contributed by atoms with E-state index >= 15 is 0 Å². The Morgan fingerprint density at radius 1 is 1.41 bits per heavy atom. The van der Waals surface area contributed by atoms with Crippen molar-refractivity contribution in [3.8, 4) is 0 Å².